The molecule has 0 atom stereocenters. The molecule has 0 aromatic carbocycles. The van der Waals surface area contributed by atoms with Crippen molar-refractivity contribution in [3.8, 4) is 11.6 Å². The molecular formula is C16H23N5O2. The molecule has 0 spiro atoms. The van der Waals surface area contributed by atoms with Gasteiger partial charge in [-0.2, -0.15) is 4.98 Å². The van der Waals surface area contributed by atoms with Gasteiger partial charge in [-0.3, -0.25) is 0 Å². The average molecular weight is 317 g/mol. The predicted molar refractivity (Wildman–Crippen MR) is 82.8 cm³/mol. The van der Waals surface area contributed by atoms with Gasteiger partial charge in [0.1, 0.15) is 0 Å². The molecule has 1 saturated heterocycles. The average Bonchev–Trinajstić information content (AvgIpc) is 3.15. The van der Waals surface area contributed by atoms with E-state index >= 15 is 0 Å². The lowest BCUT2D eigenvalue weighted by atomic mass is 9.67. The lowest BCUT2D eigenvalue weighted by Gasteiger charge is -2.37. The maximum absolute atomic E-state index is 5.45. The maximum Gasteiger partial charge on any atom is 0.280 e. The molecule has 23 heavy (non-hydrogen) atoms. The van der Waals surface area contributed by atoms with Gasteiger partial charge in [0, 0.05) is 18.6 Å². The minimum absolute atomic E-state index is 0.0449. The fraction of sp³-hybridized carbons (Fsp3) is 0.750. The van der Waals surface area contributed by atoms with E-state index in [4.69, 9.17) is 9.26 Å². The van der Waals surface area contributed by atoms with Crippen molar-refractivity contribution in [2.75, 3.05) is 13.2 Å². The Morgan fingerprint density at radius 1 is 1.17 bits per heavy atom. The van der Waals surface area contributed by atoms with Crippen molar-refractivity contribution in [3.05, 3.63) is 12.0 Å². The predicted octanol–water partition coefficient (Wildman–Crippen LogP) is 2.76. The van der Waals surface area contributed by atoms with E-state index in [2.05, 4.69) is 34.3 Å². The summed E-state index contributed by atoms with van der Waals surface area (Å²) in [5.41, 5.74) is 0.608. The van der Waals surface area contributed by atoms with Crippen LogP contribution in [0.4, 0.5) is 0 Å². The van der Waals surface area contributed by atoms with Crippen molar-refractivity contribution in [1.82, 2.24) is 25.1 Å². The van der Waals surface area contributed by atoms with E-state index in [1.165, 1.54) is 19.3 Å². The van der Waals surface area contributed by atoms with Crippen LogP contribution in [-0.2, 0) is 10.2 Å². The molecule has 0 bridgehead atoms. The maximum atomic E-state index is 5.45. The molecular weight excluding hydrogens is 294 g/mol. The molecule has 124 valence electrons. The summed E-state index contributed by atoms with van der Waals surface area (Å²) >= 11 is 0. The summed E-state index contributed by atoms with van der Waals surface area (Å²) in [6.07, 6.45) is 7.63. The lowest BCUT2D eigenvalue weighted by Crippen LogP contribution is -2.34. The molecule has 1 saturated carbocycles. The largest absolute Gasteiger partial charge is 0.381 e. The number of nitrogens with zero attached hydrogens (tertiary/aromatic N) is 5. The summed E-state index contributed by atoms with van der Waals surface area (Å²) < 4.78 is 12.7. The van der Waals surface area contributed by atoms with E-state index in [0.29, 0.717) is 23.5 Å². The monoisotopic (exact) mass is 317 g/mol. The van der Waals surface area contributed by atoms with E-state index in [9.17, 15) is 0 Å². The minimum atomic E-state index is -0.0449. The van der Waals surface area contributed by atoms with Gasteiger partial charge in [-0.1, -0.05) is 30.6 Å². The summed E-state index contributed by atoms with van der Waals surface area (Å²) in [6, 6.07) is 0.346. The third-order valence-corrected chi connectivity index (χ3v) is 5.42. The van der Waals surface area contributed by atoms with Gasteiger partial charge in [-0.25, -0.2) is 4.68 Å². The first-order chi connectivity index (χ1) is 11.1. The molecule has 2 aromatic heterocycles. The minimum Gasteiger partial charge on any atom is -0.381 e. The Bertz CT molecular complexity index is 668. The van der Waals surface area contributed by atoms with Crippen molar-refractivity contribution >= 4 is 0 Å². The van der Waals surface area contributed by atoms with Crippen LogP contribution in [0.2, 0.25) is 0 Å². The first-order valence-corrected chi connectivity index (χ1v) is 8.49. The molecule has 1 aliphatic heterocycles. The normalized spacial score (nSPS) is 20.6. The highest BCUT2D eigenvalue weighted by molar-refractivity contribution is 5.43. The second-order valence-corrected chi connectivity index (χ2v) is 7.20. The van der Waals surface area contributed by atoms with E-state index in [1.54, 1.807) is 0 Å². The number of ether oxygens (including phenoxy) is 1. The molecule has 1 aliphatic carbocycles. The van der Waals surface area contributed by atoms with Gasteiger partial charge < -0.3 is 9.26 Å². The zero-order chi connectivity index (χ0) is 15.9. The van der Waals surface area contributed by atoms with Gasteiger partial charge in [-0.05, 0) is 31.6 Å². The molecule has 0 unspecified atom stereocenters. The highest BCUT2D eigenvalue weighted by Crippen LogP contribution is 2.42. The first-order valence-electron chi connectivity index (χ1n) is 8.49. The SMILES string of the molecule is CC(C)(c1noc(-c2cn(C3CCOCC3)nn2)n1)C1CCC1. The summed E-state index contributed by atoms with van der Waals surface area (Å²) in [6.45, 7) is 5.95. The van der Waals surface area contributed by atoms with E-state index < -0.39 is 0 Å². The Hall–Kier alpha value is -1.76. The zero-order valence-electron chi connectivity index (χ0n) is 13.7. The number of rotatable bonds is 4. The topological polar surface area (TPSA) is 78.9 Å². The summed E-state index contributed by atoms with van der Waals surface area (Å²) in [7, 11) is 0. The van der Waals surface area contributed by atoms with Crippen LogP contribution in [0.15, 0.2) is 10.7 Å². The molecule has 2 fully saturated rings. The fourth-order valence-electron chi connectivity index (χ4n) is 3.40. The molecule has 3 heterocycles. The van der Waals surface area contributed by atoms with Crippen LogP contribution < -0.4 is 0 Å². The van der Waals surface area contributed by atoms with Crippen LogP contribution in [0, 0.1) is 5.92 Å². The third kappa shape index (κ3) is 2.67. The second-order valence-electron chi connectivity index (χ2n) is 7.20. The van der Waals surface area contributed by atoms with Crippen LogP contribution in [-0.4, -0.2) is 38.3 Å². The van der Waals surface area contributed by atoms with Crippen LogP contribution in [0.3, 0.4) is 0 Å². The van der Waals surface area contributed by atoms with Gasteiger partial charge in [0.15, 0.2) is 11.5 Å². The zero-order valence-corrected chi connectivity index (χ0v) is 13.7. The Labute approximate surface area is 135 Å². The van der Waals surface area contributed by atoms with Gasteiger partial charge in [0.2, 0.25) is 0 Å². The van der Waals surface area contributed by atoms with Gasteiger partial charge in [0.05, 0.1) is 12.2 Å². The quantitative estimate of drug-likeness (QED) is 0.862. The van der Waals surface area contributed by atoms with E-state index in [0.717, 1.165) is 31.9 Å². The highest BCUT2D eigenvalue weighted by atomic mass is 16.5. The highest BCUT2D eigenvalue weighted by Gasteiger charge is 2.39. The fourth-order valence-corrected chi connectivity index (χ4v) is 3.40. The van der Waals surface area contributed by atoms with Gasteiger partial charge >= 0.3 is 0 Å². The first kappa shape index (κ1) is 14.8. The standard InChI is InChI=1S/C16H23N5O2/c1-16(2,11-4-3-5-11)15-17-14(23-19-15)13-10-21(20-18-13)12-6-8-22-9-7-12/h10-12H,3-9H2,1-2H3. The van der Waals surface area contributed by atoms with Crippen LogP contribution >= 0.6 is 0 Å². The Kier molecular flexibility index (Phi) is 3.67. The molecule has 2 aromatic rings. The van der Waals surface area contributed by atoms with Crippen LogP contribution in [0.5, 0.6) is 0 Å². The van der Waals surface area contributed by atoms with Crippen molar-refractivity contribution in [3.63, 3.8) is 0 Å². The molecule has 4 rings (SSSR count). The van der Waals surface area contributed by atoms with Crippen LogP contribution in [0.1, 0.15) is 57.8 Å². The lowest BCUT2D eigenvalue weighted by molar-refractivity contribution is 0.0657. The smallest absolute Gasteiger partial charge is 0.280 e. The summed E-state index contributed by atoms with van der Waals surface area (Å²) in [5, 5.41) is 12.7. The van der Waals surface area contributed by atoms with Crippen molar-refractivity contribution in [2.24, 2.45) is 5.92 Å². The third-order valence-electron chi connectivity index (χ3n) is 5.42. The van der Waals surface area contributed by atoms with Crippen LogP contribution in [0.25, 0.3) is 11.6 Å². The molecule has 7 heteroatoms. The number of hydrogen-bond donors (Lipinski definition) is 0. The molecule has 0 radical (unpaired) electrons. The summed E-state index contributed by atoms with van der Waals surface area (Å²) in [4.78, 5) is 4.60. The molecule has 0 N–H and O–H groups in total. The van der Waals surface area contributed by atoms with Crippen molar-refractivity contribution in [1.29, 1.82) is 0 Å². The molecule has 0 amide bonds. The van der Waals surface area contributed by atoms with E-state index in [1.807, 2.05) is 10.9 Å². The van der Waals surface area contributed by atoms with Crippen molar-refractivity contribution in [2.45, 2.75) is 57.4 Å². The molecule has 7 nitrogen and oxygen atoms in total. The van der Waals surface area contributed by atoms with Gasteiger partial charge in [-0.15, -0.1) is 5.10 Å². The summed E-state index contributed by atoms with van der Waals surface area (Å²) in [5.74, 6) is 1.88. The number of aromatic nitrogens is 5. The van der Waals surface area contributed by atoms with Gasteiger partial charge in [0.25, 0.3) is 5.89 Å². The van der Waals surface area contributed by atoms with E-state index in [-0.39, 0.29) is 5.41 Å². The molecule has 2 aliphatic rings. The van der Waals surface area contributed by atoms with Crippen molar-refractivity contribution < 1.29 is 9.26 Å². The second kappa shape index (κ2) is 5.70. The Balaban J connectivity index is 1.53. The number of hydrogen-bond acceptors (Lipinski definition) is 6. The Morgan fingerprint density at radius 3 is 2.65 bits per heavy atom. The Morgan fingerprint density at radius 2 is 1.96 bits per heavy atom.